The smallest absolute Gasteiger partial charge is 0.346 e. The highest BCUT2D eigenvalue weighted by Crippen LogP contribution is 2.71. The van der Waals surface area contributed by atoms with Gasteiger partial charge in [-0.2, -0.15) is 5.26 Å². The number of anilines is 3. The van der Waals surface area contributed by atoms with Crippen molar-refractivity contribution >= 4 is 40.4 Å². The van der Waals surface area contributed by atoms with Crippen molar-refractivity contribution in [2.45, 2.75) is 135 Å². The summed E-state index contributed by atoms with van der Waals surface area (Å²) in [7, 11) is 1.70. The molecule has 0 unspecified atom stereocenters. The van der Waals surface area contributed by atoms with Gasteiger partial charge in [0.2, 0.25) is 0 Å². The van der Waals surface area contributed by atoms with Crippen molar-refractivity contribution in [3.05, 3.63) is 183 Å². The highest BCUT2D eigenvalue weighted by atomic mass is 32.1. The third-order valence-electron chi connectivity index (χ3n) is 18.5. The summed E-state index contributed by atoms with van der Waals surface area (Å²) < 4.78 is 17.9. The number of hydrogen-bond acceptors (Lipinski definition) is 7. The molecule has 0 saturated carbocycles. The predicted octanol–water partition coefficient (Wildman–Crippen LogP) is 19.9. The fourth-order valence-corrected chi connectivity index (χ4v) is 16.9. The number of benzene rings is 7. The number of carboxylic acid groups (broad SMARTS) is 1. The summed E-state index contributed by atoms with van der Waals surface area (Å²) in [6.07, 6.45) is 14.4. The molecule has 8 heteroatoms. The van der Waals surface area contributed by atoms with Gasteiger partial charge in [-0.15, -0.1) is 11.3 Å². The molecule has 12 rings (SSSR count). The number of carboxylic acids is 1. The average molecular weight is 1100 g/mol. The molecule has 4 aliphatic rings. The summed E-state index contributed by atoms with van der Waals surface area (Å²) >= 11 is 1.37. The van der Waals surface area contributed by atoms with Crippen LogP contribution in [-0.4, -0.2) is 31.4 Å². The Labute approximate surface area is 488 Å². The Kier molecular flexibility index (Phi) is 14.8. The zero-order valence-corrected chi connectivity index (χ0v) is 49.5. The van der Waals surface area contributed by atoms with Gasteiger partial charge in [0.05, 0.1) is 16.9 Å². The highest BCUT2D eigenvalue weighted by molar-refractivity contribution is 7.17. The molecule has 2 heterocycles. The minimum absolute atomic E-state index is 0.112. The first-order chi connectivity index (χ1) is 40.1. The maximum atomic E-state index is 12.0. The van der Waals surface area contributed by atoms with Gasteiger partial charge in [0.25, 0.3) is 0 Å². The Balaban J connectivity index is 1.11. The van der Waals surface area contributed by atoms with E-state index in [0.29, 0.717) is 29.6 Å². The number of nitriles is 1. The van der Waals surface area contributed by atoms with E-state index < -0.39 is 5.97 Å². The Bertz CT molecular complexity index is 3800. The van der Waals surface area contributed by atoms with E-state index in [1.807, 2.05) is 18.2 Å². The van der Waals surface area contributed by atoms with E-state index in [0.717, 1.165) is 121 Å². The highest BCUT2D eigenvalue weighted by Gasteiger charge is 2.57. The van der Waals surface area contributed by atoms with E-state index in [4.69, 9.17) is 14.2 Å². The molecule has 82 heavy (non-hydrogen) atoms. The van der Waals surface area contributed by atoms with Gasteiger partial charge < -0.3 is 24.2 Å². The summed E-state index contributed by atoms with van der Waals surface area (Å²) in [6.45, 7) is 15.1. The predicted molar refractivity (Wildman–Crippen MR) is 337 cm³/mol. The maximum Gasteiger partial charge on any atom is 0.346 e. The van der Waals surface area contributed by atoms with Crippen LogP contribution in [0.15, 0.2) is 145 Å². The number of ether oxygens (including phenoxy) is 3. The molecule has 0 amide bonds. The SMILES string of the molecule is CCCC1(CCC)c2ccccc2-c2c1c1c(c3c2C(CCC)(CCC)c2cc(N(c4ccc(-c5ccc(OC)cc5)cc4)c4ccc(-c5sc(/C=C(\C#N)C(=O)O)c6c5OCCO6)cc4)ccc2-3)C(CCC)(CCC)c2ccccc2-1. The van der Waals surface area contributed by atoms with Crippen molar-refractivity contribution in [2.24, 2.45) is 0 Å². The van der Waals surface area contributed by atoms with E-state index in [2.05, 4.69) is 174 Å². The zero-order valence-electron chi connectivity index (χ0n) is 48.6. The molecule has 7 aromatic carbocycles. The van der Waals surface area contributed by atoms with Crippen LogP contribution >= 0.6 is 11.3 Å². The minimum atomic E-state index is -1.28. The number of carbonyl (C=O) groups is 1. The number of nitrogens with zero attached hydrogens (tertiary/aromatic N) is 2. The topological polar surface area (TPSA) is 92.0 Å². The standard InChI is InChI=1S/C74H74N2O5S/c1-8-36-72(37-9-2)59-21-17-15-19-56(59)63-65(72)62-55-18-14-16-20-58(55)73(38-10-3,39-11-4)66(62)64-57-35-32-53(45-60(57)74(40-12-5,41-13-6)67(63)64)76(51-28-22-47(23-29-51)48-26-33-54(79-7)34-27-48)52-30-24-49(25-31-52)70-69-68(80-42-43-81-69)61(82-70)44-50(46-75)71(77)78/h14-35,44-45H,8-13,36-43H2,1-7H3,(H,77,78)/b50-44+. The first kappa shape index (κ1) is 54.7. The van der Waals surface area contributed by atoms with E-state index in [9.17, 15) is 15.2 Å². The van der Waals surface area contributed by atoms with Crippen molar-refractivity contribution in [3.63, 3.8) is 0 Å². The Morgan fingerprint density at radius 2 is 0.976 bits per heavy atom. The molecule has 0 bridgehead atoms. The Hall–Kier alpha value is -7.86. The number of fused-ring (bicyclic) bond motifs is 13. The lowest BCUT2D eigenvalue weighted by molar-refractivity contribution is -0.132. The van der Waals surface area contributed by atoms with Crippen LogP contribution in [0.3, 0.4) is 0 Å². The maximum absolute atomic E-state index is 12.0. The van der Waals surface area contributed by atoms with Gasteiger partial charge in [-0.3, -0.25) is 0 Å². The summed E-state index contributed by atoms with van der Waals surface area (Å²) in [6, 6.07) is 54.3. The monoisotopic (exact) mass is 1100 g/mol. The van der Waals surface area contributed by atoms with Gasteiger partial charge in [0, 0.05) is 33.3 Å². The van der Waals surface area contributed by atoms with Crippen LogP contribution in [-0.2, 0) is 21.0 Å². The fraction of sp³-hybridized carbons (Fsp3) is 0.324. The van der Waals surface area contributed by atoms with Crippen LogP contribution in [0.1, 0.15) is 157 Å². The van der Waals surface area contributed by atoms with Crippen LogP contribution in [0.25, 0.3) is 61.0 Å². The lowest BCUT2D eigenvalue weighted by Gasteiger charge is -2.39. The molecule has 416 valence electrons. The summed E-state index contributed by atoms with van der Waals surface area (Å²) in [5.74, 6) is 0.574. The average Bonchev–Trinajstić information content (AvgIpc) is 1.55. The van der Waals surface area contributed by atoms with Crippen LogP contribution in [0.4, 0.5) is 17.1 Å². The normalized spacial score (nSPS) is 15.2. The van der Waals surface area contributed by atoms with Crippen LogP contribution in [0, 0.1) is 11.3 Å². The minimum Gasteiger partial charge on any atom is -0.497 e. The zero-order chi connectivity index (χ0) is 56.9. The van der Waals surface area contributed by atoms with Crippen LogP contribution in [0.5, 0.6) is 17.2 Å². The van der Waals surface area contributed by atoms with Crippen LogP contribution in [0.2, 0.25) is 0 Å². The van der Waals surface area contributed by atoms with Gasteiger partial charge in [-0.1, -0.05) is 171 Å². The van der Waals surface area contributed by atoms with E-state index in [1.54, 1.807) is 29.4 Å². The summed E-state index contributed by atoms with van der Waals surface area (Å²) in [4.78, 5) is 15.8. The van der Waals surface area contributed by atoms with Crippen LogP contribution < -0.4 is 19.1 Å². The molecule has 1 N–H and O–H groups in total. The van der Waals surface area contributed by atoms with Gasteiger partial charge in [-0.05, 0) is 177 Å². The molecule has 0 radical (unpaired) electrons. The lowest BCUT2D eigenvalue weighted by atomic mass is 9.64. The second kappa shape index (κ2) is 22.1. The second-order valence-electron chi connectivity index (χ2n) is 23.1. The molecule has 0 spiro atoms. The first-order valence-corrected chi connectivity index (χ1v) is 30.9. The Morgan fingerprint density at radius 1 is 0.561 bits per heavy atom. The lowest BCUT2D eigenvalue weighted by Crippen LogP contribution is -2.30. The summed E-state index contributed by atoms with van der Waals surface area (Å²) in [5.41, 5.74) is 23.6. The number of hydrogen-bond donors (Lipinski definition) is 1. The molecule has 1 aliphatic heterocycles. The van der Waals surface area contributed by atoms with Crippen molar-refractivity contribution in [2.75, 3.05) is 25.2 Å². The van der Waals surface area contributed by atoms with Gasteiger partial charge in [-0.25, -0.2) is 4.79 Å². The van der Waals surface area contributed by atoms with E-state index in [1.165, 1.54) is 61.9 Å². The molecular formula is C74H74N2O5S. The van der Waals surface area contributed by atoms with Crippen molar-refractivity contribution in [1.29, 1.82) is 5.26 Å². The van der Waals surface area contributed by atoms with E-state index in [-0.39, 0.29) is 21.8 Å². The molecule has 0 saturated heterocycles. The second-order valence-corrected chi connectivity index (χ2v) is 24.2. The number of thiophene rings is 1. The molecule has 0 fully saturated rings. The van der Waals surface area contributed by atoms with Gasteiger partial charge in [0.15, 0.2) is 11.5 Å². The molecule has 0 atom stereocenters. The third-order valence-corrected chi connectivity index (χ3v) is 19.6. The van der Waals surface area contributed by atoms with Gasteiger partial charge >= 0.3 is 5.97 Å². The number of rotatable bonds is 20. The molecule has 8 aromatic rings. The summed E-state index contributed by atoms with van der Waals surface area (Å²) in [5, 5.41) is 19.5. The first-order valence-electron chi connectivity index (χ1n) is 30.1. The van der Waals surface area contributed by atoms with Crippen molar-refractivity contribution in [1.82, 2.24) is 0 Å². The third kappa shape index (κ3) is 8.43. The fourth-order valence-electron chi connectivity index (χ4n) is 15.7. The van der Waals surface area contributed by atoms with Crippen molar-refractivity contribution < 1.29 is 24.1 Å². The van der Waals surface area contributed by atoms with Gasteiger partial charge in [0.1, 0.15) is 30.6 Å². The Morgan fingerprint density at radius 3 is 1.43 bits per heavy atom. The molecule has 1 aromatic heterocycles. The molecular weight excluding hydrogens is 1030 g/mol. The molecule has 7 nitrogen and oxygen atoms in total. The largest absolute Gasteiger partial charge is 0.497 e. The number of methoxy groups -OCH3 is 1. The quantitative estimate of drug-likeness (QED) is 0.0600. The number of aliphatic carboxylic acids is 1. The molecule has 3 aliphatic carbocycles. The van der Waals surface area contributed by atoms with E-state index >= 15 is 0 Å². The van der Waals surface area contributed by atoms with Crippen molar-refractivity contribution in [3.8, 4) is 78.3 Å².